The summed E-state index contributed by atoms with van der Waals surface area (Å²) in [4.78, 5) is 7.53. The molecular weight excluding hydrogens is 294 g/mol. The van der Waals surface area contributed by atoms with Crippen molar-refractivity contribution in [2.24, 2.45) is 0 Å². The van der Waals surface area contributed by atoms with Crippen LogP contribution in [0, 0.1) is 11.3 Å². The number of halogens is 1. The van der Waals surface area contributed by atoms with Gasteiger partial charge in [-0.25, -0.2) is 4.98 Å². The molecule has 0 atom stereocenters. The fourth-order valence-electron chi connectivity index (χ4n) is 1.93. The lowest BCUT2D eigenvalue weighted by Crippen LogP contribution is -2.46. The quantitative estimate of drug-likeness (QED) is 0.927. The summed E-state index contributed by atoms with van der Waals surface area (Å²) >= 11 is 3.44. The fraction of sp³-hybridized carbons (Fsp3) is 0.231. The van der Waals surface area contributed by atoms with Crippen molar-refractivity contribution in [2.75, 3.05) is 13.2 Å². The van der Waals surface area contributed by atoms with Crippen LogP contribution in [0.2, 0.25) is 0 Å². The van der Waals surface area contributed by atoms with Crippen LogP contribution < -0.4 is 0 Å². The molecule has 1 aliphatic heterocycles. The van der Waals surface area contributed by atoms with Crippen molar-refractivity contribution in [3.05, 3.63) is 40.8 Å². The molecule has 0 unspecified atom stereocenters. The number of hydrogen-bond donors (Lipinski definition) is 1. The van der Waals surface area contributed by atoms with E-state index in [1.807, 2.05) is 24.3 Å². The maximum Gasteiger partial charge on any atom is 0.161 e. The molecule has 1 saturated heterocycles. The lowest BCUT2D eigenvalue weighted by atomic mass is 9.87. The van der Waals surface area contributed by atoms with Gasteiger partial charge in [0.25, 0.3) is 0 Å². The Hall–Kier alpha value is -1.64. The maximum atomic E-state index is 9.22. The van der Waals surface area contributed by atoms with Crippen LogP contribution in [0.3, 0.4) is 0 Å². The lowest BCUT2D eigenvalue weighted by Gasteiger charge is -2.32. The molecule has 0 aliphatic carbocycles. The van der Waals surface area contributed by atoms with Gasteiger partial charge in [0.1, 0.15) is 5.82 Å². The summed E-state index contributed by atoms with van der Waals surface area (Å²) in [6.07, 6.45) is 1.76. The highest BCUT2D eigenvalue weighted by Gasteiger charge is 2.43. The Morgan fingerprint density at radius 2 is 2.28 bits per heavy atom. The number of nitriles is 1. The smallest absolute Gasteiger partial charge is 0.161 e. The summed E-state index contributed by atoms with van der Waals surface area (Å²) in [5.41, 5.74) is 1.36. The van der Waals surface area contributed by atoms with Crippen molar-refractivity contribution < 1.29 is 4.74 Å². The minimum Gasteiger partial charge on any atom is -0.377 e. The van der Waals surface area contributed by atoms with Gasteiger partial charge in [0.2, 0.25) is 0 Å². The molecule has 1 fully saturated rings. The average Bonchev–Trinajstić information content (AvgIpc) is 2.78. The van der Waals surface area contributed by atoms with Gasteiger partial charge >= 0.3 is 0 Å². The van der Waals surface area contributed by atoms with Crippen LogP contribution in [0.25, 0.3) is 11.3 Å². The Balaban J connectivity index is 1.97. The van der Waals surface area contributed by atoms with Gasteiger partial charge < -0.3 is 9.72 Å². The van der Waals surface area contributed by atoms with Gasteiger partial charge in [0.05, 0.1) is 31.2 Å². The highest BCUT2D eigenvalue weighted by molar-refractivity contribution is 9.10. The van der Waals surface area contributed by atoms with Gasteiger partial charge in [-0.15, -0.1) is 0 Å². The number of nitrogens with one attached hydrogen (secondary N) is 1. The number of aromatic amines is 1. The molecule has 0 amide bonds. The predicted molar refractivity (Wildman–Crippen MR) is 69.8 cm³/mol. The number of benzene rings is 1. The second kappa shape index (κ2) is 4.23. The Labute approximate surface area is 113 Å². The second-order valence-corrected chi connectivity index (χ2v) is 5.26. The van der Waals surface area contributed by atoms with E-state index in [1.165, 1.54) is 0 Å². The number of aromatic nitrogens is 2. The number of rotatable bonds is 2. The first-order valence-corrected chi connectivity index (χ1v) is 6.33. The van der Waals surface area contributed by atoms with Gasteiger partial charge in [0.15, 0.2) is 5.41 Å². The van der Waals surface area contributed by atoms with Crippen LogP contribution in [0.1, 0.15) is 5.82 Å². The van der Waals surface area contributed by atoms with Crippen molar-refractivity contribution in [1.82, 2.24) is 9.97 Å². The van der Waals surface area contributed by atoms with Gasteiger partial charge in [-0.2, -0.15) is 5.26 Å². The molecule has 3 rings (SSSR count). The van der Waals surface area contributed by atoms with E-state index in [9.17, 15) is 5.26 Å². The summed E-state index contributed by atoms with van der Waals surface area (Å²) in [7, 11) is 0. The second-order valence-electron chi connectivity index (χ2n) is 4.34. The highest BCUT2D eigenvalue weighted by atomic mass is 79.9. The number of H-pyrrole nitrogens is 1. The molecule has 2 aromatic rings. The van der Waals surface area contributed by atoms with E-state index in [2.05, 4.69) is 32.0 Å². The van der Waals surface area contributed by atoms with Gasteiger partial charge in [-0.05, 0) is 12.1 Å². The molecule has 1 N–H and O–H groups in total. The normalized spacial score (nSPS) is 16.9. The van der Waals surface area contributed by atoms with Crippen LogP contribution in [0.4, 0.5) is 0 Å². The zero-order valence-corrected chi connectivity index (χ0v) is 11.1. The van der Waals surface area contributed by atoms with Crippen LogP contribution >= 0.6 is 15.9 Å². The van der Waals surface area contributed by atoms with Crippen molar-refractivity contribution >= 4 is 15.9 Å². The van der Waals surface area contributed by atoms with Crippen molar-refractivity contribution in [3.63, 3.8) is 0 Å². The maximum absolute atomic E-state index is 9.22. The molecule has 4 nitrogen and oxygen atoms in total. The molecule has 1 aliphatic rings. The number of nitrogens with zero attached hydrogens (tertiary/aromatic N) is 2. The average molecular weight is 304 g/mol. The van der Waals surface area contributed by atoms with E-state index in [4.69, 9.17) is 4.74 Å². The van der Waals surface area contributed by atoms with Crippen molar-refractivity contribution in [1.29, 1.82) is 5.26 Å². The summed E-state index contributed by atoms with van der Waals surface area (Å²) in [6.45, 7) is 0.823. The largest absolute Gasteiger partial charge is 0.377 e. The zero-order chi connectivity index (χ0) is 12.6. The molecule has 2 heterocycles. The number of ether oxygens (including phenoxy) is 1. The summed E-state index contributed by atoms with van der Waals surface area (Å²) in [5.74, 6) is 0.686. The van der Waals surface area contributed by atoms with Crippen LogP contribution in [0.15, 0.2) is 34.9 Å². The molecular formula is C13H10BrN3O. The van der Waals surface area contributed by atoms with Crippen molar-refractivity contribution in [3.8, 4) is 17.3 Å². The topological polar surface area (TPSA) is 61.7 Å². The highest BCUT2D eigenvalue weighted by Crippen LogP contribution is 2.31. The minimum atomic E-state index is -0.593. The SMILES string of the molecule is N#CC1(c2ncc(-c3cccc(Br)c3)[nH]2)COC1. The zero-order valence-electron chi connectivity index (χ0n) is 9.48. The van der Waals surface area contributed by atoms with Gasteiger partial charge in [-0.3, -0.25) is 0 Å². The lowest BCUT2D eigenvalue weighted by molar-refractivity contribution is -0.0335. The summed E-state index contributed by atoms with van der Waals surface area (Å²) < 4.78 is 6.14. The van der Waals surface area contributed by atoms with E-state index in [1.54, 1.807) is 6.20 Å². The van der Waals surface area contributed by atoms with Crippen molar-refractivity contribution in [2.45, 2.75) is 5.41 Å². The van der Waals surface area contributed by atoms with E-state index in [-0.39, 0.29) is 0 Å². The van der Waals surface area contributed by atoms with Gasteiger partial charge in [0, 0.05) is 10.0 Å². The first-order valence-electron chi connectivity index (χ1n) is 5.54. The fourth-order valence-corrected chi connectivity index (χ4v) is 2.33. The van der Waals surface area contributed by atoms with E-state index < -0.39 is 5.41 Å². The number of hydrogen-bond acceptors (Lipinski definition) is 3. The van der Waals surface area contributed by atoms with Crippen LogP contribution in [0.5, 0.6) is 0 Å². The van der Waals surface area contributed by atoms with E-state index in [0.717, 1.165) is 15.7 Å². The predicted octanol–water partition coefficient (Wildman–Crippen LogP) is 2.63. The first-order chi connectivity index (χ1) is 8.73. The molecule has 1 aromatic heterocycles. The monoisotopic (exact) mass is 303 g/mol. The molecule has 0 saturated carbocycles. The summed E-state index contributed by atoms with van der Waals surface area (Å²) in [5, 5.41) is 9.22. The Morgan fingerprint density at radius 1 is 1.44 bits per heavy atom. The van der Waals surface area contributed by atoms with Crippen LogP contribution in [-0.2, 0) is 10.2 Å². The standard InChI is InChI=1S/C13H10BrN3O/c14-10-3-1-2-9(4-10)11-5-16-12(17-11)13(6-15)7-18-8-13/h1-5H,7-8H2,(H,16,17). The Morgan fingerprint density at radius 3 is 2.89 bits per heavy atom. The van der Waals surface area contributed by atoms with Crippen LogP contribution in [-0.4, -0.2) is 23.2 Å². The Bertz CT molecular complexity index is 625. The third-order valence-corrected chi connectivity index (χ3v) is 3.57. The molecule has 1 aromatic carbocycles. The molecule has 18 heavy (non-hydrogen) atoms. The molecule has 0 bridgehead atoms. The number of imidazole rings is 1. The molecule has 0 radical (unpaired) electrons. The molecule has 5 heteroatoms. The van der Waals surface area contributed by atoms with E-state index in [0.29, 0.717) is 19.0 Å². The summed E-state index contributed by atoms with van der Waals surface area (Å²) in [6, 6.07) is 10.2. The third kappa shape index (κ3) is 1.74. The Kier molecular flexibility index (Phi) is 2.69. The first kappa shape index (κ1) is 11.5. The molecule has 90 valence electrons. The van der Waals surface area contributed by atoms with E-state index >= 15 is 0 Å². The van der Waals surface area contributed by atoms with Gasteiger partial charge in [-0.1, -0.05) is 28.1 Å². The third-order valence-electron chi connectivity index (χ3n) is 3.08. The minimum absolute atomic E-state index is 0.412. The molecule has 0 spiro atoms.